The van der Waals surface area contributed by atoms with Crippen LogP contribution in [0, 0.1) is 12.1 Å². The Bertz CT molecular complexity index is 2300. The first-order valence-electron chi connectivity index (χ1n) is 14.8. The monoisotopic (exact) mass is 779 g/mol. The molecule has 0 saturated heterocycles. The number of nitrogens with zero attached hydrogens (tertiary/aromatic N) is 6. The van der Waals surface area contributed by atoms with Gasteiger partial charge in [-0.15, -0.1) is 23.8 Å². The number of hydrogen-bond donors (Lipinski definition) is 0. The summed E-state index contributed by atoms with van der Waals surface area (Å²) in [5.41, 5.74) is 5.17. The molecule has 0 fully saturated rings. The van der Waals surface area contributed by atoms with E-state index in [1.165, 1.54) is 0 Å². The minimum absolute atomic E-state index is 0. The van der Waals surface area contributed by atoms with Crippen LogP contribution in [0.1, 0.15) is 26.6 Å². The van der Waals surface area contributed by atoms with E-state index in [0.717, 1.165) is 50.0 Å². The third-order valence-electron chi connectivity index (χ3n) is 7.75. The van der Waals surface area contributed by atoms with Crippen molar-refractivity contribution in [2.45, 2.75) is 26.2 Å². The van der Waals surface area contributed by atoms with Crippen LogP contribution in [-0.2, 0) is 26.5 Å². The van der Waals surface area contributed by atoms with Gasteiger partial charge in [0.2, 0.25) is 0 Å². The zero-order valence-corrected chi connectivity index (χ0v) is 27.6. The molecule has 4 aromatic heterocycles. The van der Waals surface area contributed by atoms with Crippen molar-refractivity contribution < 1.29 is 25.8 Å². The van der Waals surface area contributed by atoms with Crippen LogP contribution in [-0.4, -0.2) is 29.1 Å². The summed E-state index contributed by atoms with van der Waals surface area (Å²) < 4.78 is 10.6. The Kier molecular flexibility index (Phi) is 7.50. The number of benzene rings is 4. The SMILES string of the molecule is CC(C)(C)c1nc(Oc2[c-]c(-c3nc4ccccc4n3-c3ccccc3)ccc2)[c-]c(-n2c3ccccc3c3cccnc32)n1.[Pt+2]. The van der Waals surface area contributed by atoms with E-state index in [0.29, 0.717) is 23.3 Å². The number of hydrogen-bond acceptors (Lipinski definition) is 5. The van der Waals surface area contributed by atoms with Crippen molar-refractivity contribution in [3.63, 3.8) is 0 Å². The Morgan fingerprint density at radius 3 is 2.22 bits per heavy atom. The summed E-state index contributed by atoms with van der Waals surface area (Å²) in [4.78, 5) is 19.5. The molecule has 0 aliphatic heterocycles. The van der Waals surface area contributed by atoms with Gasteiger partial charge in [-0.2, -0.15) is 0 Å². The zero-order valence-electron chi connectivity index (χ0n) is 25.4. The molecule has 0 saturated carbocycles. The number of para-hydroxylation sites is 4. The molecule has 4 aromatic carbocycles. The predicted molar refractivity (Wildman–Crippen MR) is 177 cm³/mol. The molecule has 8 heteroatoms. The van der Waals surface area contributed by atoms with Gasteiger partial charge in [-0.3, -0.25) is 9.97 Å². The molecule has 0 amide bonds. The number of fused-ring (bicyclic) bond motifs is 4. The molecular weight excluding hydrogens is 752 g/mol. The van der Waals surface area contributed by atoms with Crippen LogP contribution >= 0.6 is 0 Å². The third-order valence-corrected chi connectivity index (χ3v) is 7.75. The summed E-state index contributed by atoms with van der Waals surface area (Å²) in [5, 5.41) is 2.14. The Labute approximate surface area is 280 Å². The fourth-order valence-electron chi connectivity index (χ4n) is 5.66. The Morgan fingerprint density at radius 2 is 1.39 bits per heavy atom. The van der Waals surface area contributed by atoms with Gasteiger partial charge in [0.1, 0.15) is 11.5 Å². The summed E-state index contributed by atoms with van der Waals surface area (Å²) in [5.74, 6) is 2.77. The van der Waals surface area contributed by atoms with Crippen LogP contribution in [0.15, 0.2) is 115 Å². The van der Waals surface area contributed by atoms with Crippen molar-refractivity contribution in [2.75, 3.05) is 0 Å². The first-order chi connectivity index (χ1) is 21.9. The molecule has 226 valence electrons. The number of aromatic nitrogens is 6. The second-order valence-corrected chi connectivity index (χ2v) is 11.9. The molecule has 8 rings (SSSR count). The molecule has 0 bridgehead atoms. The van der Waals surface area contributed by atoms with E-state index in [1.54, 1.807) is 6.20 Å². The molecule has 46 heavy (non-hydrogen) atoms. The first-order valence-corrected chi connectivity index (χ1v) is 14.8. The maximum atomic E-state index is 6.43. The fourth-order valence-corrected chi connectivity index (χ4v) is 5.66. The second-order valence-electron chi connectivity index (χ2n) is 11.9. The molecule has 0 unspecified atom stereocenters. The van der Waals surface area contributed by atoms with Gasteiger partial charge >= 0.3 is 21.1 Å². The summed E-state index contributed by atoms with van der Waals surface area (Å²) >= 11 is 0. The molecule has 0 radical (unpaired) electrons. The van der Waals surface area contributed by atoms with E-state index in [9.17, 15) is 0 Å². The summed E-state index contributed by atoms with van der Waals surface area (Å²) in [6, 6.07) is 43.2. The smallest absolute Gasteiger partial charge is 0.495 e. The third kappa shape index (κ3) is 5.17. The van der Waals surface area contributed by atoms with Gasteiger partial charge < -0.3 is 19.9 Å². The van der Waals surface area contributed by atoms with Crippen LogP contribution in [0.5, 0.6) is 11.6 Å². The van der Waals surface area contributed by atoms with Gasteiger partial charge in [-0.25, -0.2) is 9.97 Å². The maximum Gasteiger partial charge on any atom is 2.00 e. The van der Waals surface area contributed by atoms with E-state index in [1.807, 2.05) is 77.4 Å². The van der Waals surface area contributed by atoms with Crippen molar-refractivity contribution in [1.82, 2.24) is 29.1 Å². The average Bonchev–Trinajstić information content (AvgIpc) is 3.61. The van der Waals surface area contributed by atoms with Gasteiger partial charge in [0.25, 0.3) is 0 Å². The second kappa shape index (κ2) is 11.7. The van der Waals surface area contributed by atoms with E-state index in [4.69, 9.17) is 24.7 Å². The van der Waals surface area contributed by atoms with E-state index in [2.05, 4.69) is 73.9 Å². The molecule has 4 heterocycles. The van der Waals surface area contributed by atoms with Crippen LogP contribution in [0.2, 0.25) is 0 Å². The van der Waals surface area contributed by atoms with Gasteiger partial charge in [-0.1, -0.05) is 75.4 Å². The molecule has 7 nitrogen and oxygen atoms in total. The Hall–Kier alpha value is -5.13. The largest absolute Gasteiger partial charge is 2.00 e. The van der Waals surface area contributed by atoms with Crippen LogP contribution in [0.3, 0.4) is 0 Å². The quantitative estimate of drug-likeness (QED) is 0.164. The average molecular weight is 780 g/mol. The minimum atomic E-state index is -0.347. The van der Waals surface area contributed by atoms with Crippen molar-refractivity contribution in [1.29, 1.82) is 0 Å². The van der Waals surface area contributed by atoms with Crippen LogP contribution < -0.4 is 4.74 Å². The molecule has 0 aliphatic carbocycles. The number of pyridine rings is 1. The van der Waals surface area contributed by atoms with Crippen molar-refractivity contribution in [3.05, 3.63) is 133 Å². The van der Waals surface area contributed by atoms with Crippen molar-refractivity contribution in [3.8, 4) is 34.5 Å². The number of imidazole rings is 1. The summed E-state index contributed by atoms with van der Waals surface area (Å²) in [7, 11) is 0. The molecule has 8 aromatic rings. The van der Waals surface area contributed by atoms with Crippen LogP contribution in [0.4, 0.5) is 0 Å². The van der Waals surface area contributed by atoms with Gasteiger partial charge in [-0.05, 0) is 48.3 Å². The number of ether oxygens (including phenoxy) is 1. The van der Waals surface area contributed by atoms with Crippen molar-refractivity contribution >= 4 is 33.0 Å². The fraction of sp³-hybridized carbons (Fsp3) is 0.105. The minimum Gasteiger partial charge on any atom is -0.495 e. The standard InChI is InChI=1S/C38H28N6O.Pt/c1-38(2,3)37-41-33(44-31-20-9-7-17-28(31)29-18-12-22-39-36(29)44)24-34(42-37)45-27-16-11-13-25(23-27)35-40-30-19-8-10-21-32(30)43(35)26-14-5-4-6-15-26;/h4-22H,1-3H3;/q-2;+2. The van der Waals surface area contributed by atoms with Gasteiger partial charge in [0.05, 0.1) is 22.4 Å². The molecule has 0 atom stereocenters. The zero-order chi connectivity index (χ0) is 30.5. The van der Waals surface area contributed by atoms with Gasteiger partial charge in [0.15, 0.2) is 0 Å². The molecular formula is C38H28N6OPt. The van der Waals surface area contributed by atoms with E-state index in [-0.39, 0.29) is 26.5 Å². The normalized spacial score (nSPS) is 11.6. The summed E-state index contributed by atoms with van der Waals surface area (Å²) in [6.45, 7) is 6.25. The van der Waals surface area contributed by atoms with E-state index >= 15 is 0 Å². The number of rotatable bonds is 5. The Morgan fingerprint density at radius 1 is 0.652 bits per heavy atom. The topological polar surface area (TPSA) is 70.7 Å². The Balaban J connectivity index is 0.00000338. The molecule has 0 aliphatic rings. The van der Waals surface area contributed by atoms with Crippen LogP contribution in [0.25, 0.3) is 55.9 Å². The maximum absolute atomic E-state index is 6.43. The van der Waals surface area contributed by atoms with E-state index < -0.39 is 0 Å². The predicted octanol–water partition coefficient (Wildman–Crippen LogP) is 8.66. The van der Waals surface area contributed by atoms with Gasteiger partial charge in [0, 0.05) is 39.7 Å². The van der Waals surface area contributed by atoms with Crippen molar-refractivity contribution in [2.24, 2.45) is 0 Å². The summed E-state index contributed by atoms with van der Waals surface area (Å²) in [6.07, 6.45) is 1.80. The molecule has 0 N–H and O–H groups in total. The first kappa shape index (κ1) is 29.6. The molecule has 0 spiro atoms.